The first-order valence-electron chi connectivity index (χ1n) is 12.0. The smallest absolute Gasteiger partial charge is 0.326 e. The van der Waals surface area contributed by atoms with Crippen molar-refractivity contribution in [3.05, 3.63) is 29.8 Å². The predicted molar refractivity (Wildman–Crippen MR) is 123 cm³/mol. The van der Waals surface area contributed by atoms with E-state index in [1.54, 1.807) is 4.90 Å². The van der Waals surface area contributed by atoms with Crippen molar-refractivity contribution in [1.29, 1.82) is 0 Å². The Labute approximate surface area is 186 Å². The van der Waals surface area contributed by atoms with Crippen LogP contribution in [0.3, 0.4) is 0 Å². The van der Waals surface area contributed by atoms with Crippen LogP contribution in [0.15, 0.2) is 24.3 Å². The van der Waals surface area contributed by atoms with Gasteiger partial charge in [0.2, 0.25) is 0 Å². The van der Waals surface area contributed by atoms with Gasteiger partial charge in [-0.05, 0) is 62.0 Å². The summed E-state index contributed by atoms with van der Waals surface area (Å²) in [5, 5.41) is 3.03. The highest BCUT2D eigenvalue weighted by Crippen LogP contribution is 2.66. The lowest BCUT2D eigenvalue weighted by Crippen LogP contribution is -2.48. The SMILES string of the molecule is Cc1ccccc1NC(=O)N(CC(=O)O[C@H]1C[C@@H]2CC[C@@]1(C)C2(C)C)C1CCCCC1. The van der Waals surface area contributed by atoms with Crippen molar-refractivity contribution in [3.8, 4) is 0 Å². The molecule has 3 aliphatic carbocycles. The molecule has 0 heterocycles. The number of benzene rings is 1. The third-order valence-corrected chi connectivity index (χ3v) is 8.95. The summed E-state index contributed by atoms with van der Waals surface area (Å²) < 4.78 is 6.07. The summed E-state index contributed by atoms with van der Waals surface area (Å²) in [6, 6.07) is 7.66. The molecule has 0 radical (unpaired) electrons. The maximum atomic E-state index is 13.2. The molecule has 3 atom stereocenters. The van der Waals surface area contributed by atoms with Gasteiger partial charge in [0.1, 0.15) is 12.6 Å². The minimum Gasteiger partial charge on any atom is -0.460 e. The monoisotopic (exact) mass is 426 g/mol. The largest absolute Gasteiger partial charge is 0.460 e. The molecule has 2 amide bonds. The second-order valence-corrected chi connectivity index (χ2v) is 10.8. The van der Waals surface area contributed by atoms with E-state index in [0.717, 1.165) is 49.8 Å². The number of nitrogens with one attached hydrogen (secondary N) is 1. The van der Waals surface area contributed by atoms with E-state index in [0.29, 0.717) is 5.92 Å². The van der Waals surface area contributed by atoms with Gasteiger partial charge in [-0.25, -0.2) is 4.79 Å². The van der Waals surface area contributed by atoms with Gasteiger partial charge in [0.05, 0.1) is 0 Å². The van der Waals surface area contributed by atoms with Gasteiger partial charge in [0.25, 0.3) is 0 Å². The number of ether oxygens (including phenoxy) is 1. The van der Waals surface area contributed by atoms with Crippen LogP contribution in [0.4, 0.5) is 10.5 Å². The van der Waals surface area contributed by atoms with E-state index in [4.69, 9.17) is 4.74 Å². The third kappa shape index (κ3) is 4.08. The fraction of sp³-hybridized carbons (Fsp3) is 0.692. The number of carbonyl (C=O) groups is 2. The summed E-state index contributed by atoms with van der Waals surface area (Å²) in [6.45, 7) is 8.93. The number of esters is 1. The van der Waals surface area contributed by atoms with Gasteiger partial charge in [-0.1, -0.05) is 58.2 Å². The summed E-state index contributed by atoms with van der Waals surface area (Å²) in [4.78, 5) is 28.0. The first kappa shape index (κ1) is 22.2. The fourth-order valence-corrected chi connectivity index (χ4v) is 6.30. The number of fused-ring (bicyclic) bond motifs is 2. The summed E-state index contributed by atoms with van der Waals surface area (Å²) in [7, 11) is 0. The maximum Gasteiger partial charge on any atom is 0.326 e. The zero-order chi connectivity index (χ0) is 22.2. The van der Waals surface area contributed by atoms with Crippen molar-refractivity contribution >= 4 is 17.7 Å². The average molecular weight is 427 g/mol. The molecule has 5 nitrogen and oxygen atoms in total. The van der Waals surface area contributed by atoms with Gasteiger partial charge in [-0.2, -0.15) is 0 Å². The van der Waals surface area contributed by atoms with Crippen LogP contribution in [0, 0.1) is 23.7 Å². The standard InChI is InChI=1S/C26H38N2O3/c1-18-10-8-9-13-21(18)27-24(30)28(20-11-6-5-7-12-20)17-23(29)31-22-16-19-14-15-26(22,4)25(19,2)3/h8-10,13,19-20,22H,5-7,11-12,14-17H2,1-4H3,(H,27,30)/t19-,22-,26+/m0/s1. The molecule has 0 unspecified atom stereocenters. The molecule has 3 saturated carbocycles. The van der Waals surface area contributed by atoms with Gasteiger partial charge in [0.15, 0.2) is 0 Å². The number of amides is 2. The summed E-state index contributed by atoms with van der Waals surface area (Å²) in [5.41, 5.74) is 2.04. The van der Waals surface area contributed by atoms with Crippen LogP contribution < -0.4 is 5.32 Å². The van der Waals surface area contributed by atoms with Gasteiger partial charge >= 0.3 is 12.0 Å². The Morgan fingerprint density at radius 2 is 1.81 bits per heavy atom. The number of urea groups is 1. The molecule has 4 rings (SSSR count). The number of anilines is 1. The van der Waals surface area contributed by atoms with E-state index in [-0.39, 0.29) is 41.5 Å². The number of hydrogen-bond acceptors (Lipinski definition) is 3. The van der Waals surface area contributed by atoms with Crippen LogP contribution in [0.2, 0.25) is 0 Å². The van der Waals surface area contributed by atoms with Crippen molar-refractivity contribution in [2.24, 2.45) is 16.7 Å². The molecule has 2 bridgehead atoms. The number of carbonyl (C=O) groups excluding carboxylic acids is 2. The first-order valence-corrected chi connectivity index (χ1v) is 12.0. The summed E-state index contributed by atoms with van der Waals surface area (Å²) in [5.74, 6) is 0.356. The van der Waals surface area contributed by atoms with Crippen molar-refractivity contribution in [1.82, 2.24) is 4.90 Å². The quantitative estimate of drug-likeness (QED) is 0.595. The topological polar surface area (TPSA) is 58.6 Å². The van der Waals surface area contributed by atoms with Crippen molar-refractivity contribution < 1.29 is 14.3 Å². The summed E-state index contributed by atoms with van der Waals surface area (Å²) in [6.07, 6.45) is 8.55. The molecule has 31 heavy (non-hydrogen) atoms. The van der Waals surface area contributed by atoms with Crippen LogP contribution >= 0.6 is 0 Å². The molecule has 0 saturated heterocycles. The molecule has 170 valence electrons. The van der Waals surface area contributed by atoms with Crippen LogP contribution in [0.25, 0.3) is 0 Å². The Kier molecular flexibility index (Phi) is 6.06. The lowest BCUT2D eigenvalue weighted by molar-refractivity contribution is -0.158. The zero-order valence-electron chi connectivity index (χ0n) is 19.6. The molecule has 0 aliphatic heterocycles. The number of nitrogens with zero attached hydrogens (tertiary/aromatic N) is 1. The molecule has 3 fully saturated rings. The number of hydrogen-bond donors (Lipinski definition) is 1. The number of rotatable bonds is 5. The van der Waals surface area contributed by atoms with E-state index in [2.05, 4.69) is 26.1 Å². The Morgan fingerprint density at radius 3 is 2.42 bits per heavy atom. The van der Waals surface area contributed by atoms with Gasteiger partial charge < -0.3 is 15.0 Å². The molecule has 3 aliphatic rings. The van der Waals surface area contributed by atoms with Gasteiger partial charge in [-0.15, -0.1) is 0 Å². The van der Waals surface area contributed by atoms with E-state index < -0.39 is 0 Å². The van der Waals surface area contributed by atoms with Crippen LogP contribution in [-0.4, -0.2) is 35.6 Å². The number of aryl methyl sites for hydroxylation is 1. The van der Waals surface area contributed by atoms with Crippen molar-refractivity contribution in [2.45, 2.75) is 91.2 Å². The fourth-order valence-electron chi connectivity index (χ4n) is 6.30. The second kappa shape index (κ2) is 8.48. The Bertz CT molecular complexity index is 830. The highest BCUT2D eigenvalue weighted by atomic mass is 16.5. The van der Waals surface area contributed by atoms with E-state index >= 15 is 0 Å². The van der Waals surface area contributed by atoms with Crippen molar-refractivity contribution in [3.63, 3.8) is 0 Å². The third-order valence-electron chi connectivity index (χ3n) is 8.95. The normalized spacial score (nSPS) is 29.5. The first-order chi connectivity index (χ1) is 14.7. The van der Waals surface area contributed by atoms with Crippen LogP contribution in [-0.2, 0) is 9.53 Å². The summed E-state index contributed by atoms with van der Waals surface area (Å²) >= 11 is 0. The van der Waals surface area contributed by atoms with E-state index in [1.807, 2.05) is 31.2 Å². The van der Waals surface area contributed by atoms with Gasteiger partial charge in [0, 0.05) is 17.1 Å². The predicted octanol–water partition coefficient (Wildman–Crippen LogP) is 5.92. The van der Waals surface area contributed by atoms with E-state index in [1.165, 1.54) is 12.8 Å². The zero-order valence-corrected chi connectivity index (χ0v) is 19.6. The lowest BCUT2D eigenvalue weighted by Gasteiger charge is -2.39. The van der Waals surface area contributed by atoms with Crippen LogP contribution in [0.5, 0.6) is 0 Å². The molecule has 0 spiro atoms. The second-order valence-electron chi connectivity index (χ2n) is 10.8. The molecule has 0 aromatic heterocycles. The minimum atomic E-state index is -0.264. The highest BCUT2D eigenvalue weighted by Gasteiger charge is 2.62. The van der Waals surface area contributed by atoms with E-state index in [9.17, 15) is 9.59 Å². The number of para-hydroxylation sites is 1. The Balaban J connectivity index is 1.45. The maximum absolute atomic E-state index is 13.2. The molecule has 5 heteroatoms. The van der Waals surface area contributed by atoms with Crippen LogP contribution in [0.1, 0.15) is 77.7 Å². The highest BCUT2D eigenvalue weighted by molar-refractivity contribution is 5.92. The molecule has 1 N–H and O–H groups in total. The lowest BCUT2D eigenvalue weighted by atomic mass is 9.70. The minimum absolute atomic E-state index is 0.0278. The Morgan fingerprint density at radius 1 is 1.10 bits per heavy atom. The molecular weight excluding hydrogens is 388 g/mol. The average Bonchev–Trinajstić information content (AvgIpc) is 3.08. The van der Waals surface area contributed by atoms with Crippen molar-refractivity contribution in [2.75, 3.05) is 11.9 Å². The van der Waals surface area contributed by atoms with Gasteiger partial charge in [-0.3, -0.25) is 4.79 Å². The Hall–Kier alpha value is -2.04. The molecular formula is C26H38N2O3. The molecule has 1 aromatic rings. The molecule has 1 aromatic carbocycles.